The molecule has 0 saturated heterocycles. The summed E-state index contributed by atoms with van der Waals surface area (Å²) in [5.74, 6) is -0.268. The van der Waals surface area contributed by atoms with Crippen molar-refractivity contribution in [1.82, 2.24) is 14.8 Å². The number of halogens is 1. The Labute approximate surface area is 166 Å². The van der Waals surface area contributed by atoms with Crippen molar-refractivity contribution in [3.05, 3.63) is 75.8 Å². The van der Waals surface area contributed by atoms with Gasteiger partial charge in [-0.05, 0) is 42.8 Å². The van der Waals surface area contributed by atoms with Crippen LogP contribution in [0.3, 0.4) is 0 Å². The number of aromatic nitrogens is 3. The lowest BCUT2D eigenvalue weighted by Crippen LogP contribution is -2.23. The highest BCUT2D eigenvalue weighted by Gasteiger charge is 2.09. The van der Waals surface area contributed by atoms with E-state index in [-0.39, 0.29) is 17.9 Å². The van der Waals surface area contributed by atoms with Gasteiger partial charge in [-0.15, -0.1) is 0 Å². The summed E-state index contributed by atoms with van der Waals surface area (Å²) in [5.41, 5.74) is 1.90. The number of hydrogen-bond donors (Lipinski definition) is 1. The topological polar surface area (TPSA) is 101 Å². The van der Waals surface area contributed by atoms with E-state index in [1.54, 1.807) is 36.7 Å². The Bertz CT molecular complexity index is 1090. The summed E-state index contributed by atoms with van der Waals surface area (Å²) < 4.78 is 1.33. The average Bonchev–Trinajstić information content (AvgIpc) is 2.70. The lowest BCUT2D eigenvalue weighted by Gasteiger charge is -2.09. The summed E-state index contributed by atoms with van der Waals surface area (Å²) in [7, 11) is 0. The summed E-state index contributed by atoms with van der Waals surface area (Å²) in [5, 5.41) is 16.5. The van der Waals surface area contributed by atoms with E-state index in [1.807, 2.05) is 12.1 Å². The third-order valence-electron chi connectivity index (χ3n) is 3.97. The zero-order valence-corrected chi connectivity index (χ0v) is 15.6. The van der Waals surface area contributed by atoms with Gasteiger partial charge < -0.3 is 5.32 Å². The molecule has 1 aromatic carbocycles. The molecule has 2 heterocycles. The Kier molecular flexibility index (Phi) is 6.14. The van der Waals surface area contributed by atoms with Crippen LogP contribution in [0.4, 0.5) is 5.69 Å². The second-order valence-electron chi connectivity index (χ2n) is 5.98. The maximum Gasteiger partial charge on any atom is 0.266 e. The lowest BCUT2D eigenvalue weighted by molar-refractivity contribution is -0.116. The fraction of sp³-hybridized carbons (Fsp3) is 0.150. The molecule has 1 N–H and O–H groups in total. The number of nitrogens with one attached hydrogen (secondary N) is 1. The molecule has 0 aliphatic rings. The third kappa shape index (κ3) is 4.81. The fourth-order valence-electron chi connectivity index (χ4n) is 2.60. The van der Waals surface area contributed by atoms with E-state index in [1.165, 1.54) is 16.8 Å². The summed E-state index contributed by atoms with van der Waals surface area (Å²) in [6, 6.07) is 13.4. The van der Waals surface area contributed by atoms with Gasteiger partial charge in [-0.1, -0.05) is 11.6 Å². The molecule has 0 aliphatic heterocycles. The van der Waals surface area contributed by atoms with Crippen LogP contribution in [-0.2, 0) is 11.3 Å². The normalized spacial score (nSPS) is 10.3. The standard InChI is InChI=1S/C20H16ClN5O2/c21-16-6-5-14(12-22)18(11-16)24-19(27)4-2-10-26-20(28)8-7-17(25-26)15-3-1-9-23-13-15/h1,3,5-9,11,13H,2,4,10H2,(H,24,27). The highest BCUT2D eigenvalue weighted by atomic mass is 35.5. The largest absolute Gasteiger partial charge is 0.325 e. The quantitative estimate of drug-likeness (QED) is 0.692. The Morgan fingerprint density at radius 2 is 2.11 bits per heavy atom. The van der Waals surface area contributed by atoms with Crippen molar-refractivity contribution in [3.63, 3.8) is 0 Å². The van der Waals surface area contributed by atoms with Crippen LogP contribution >= 0.6 is 11.6 Å². The Morgan fingerprint density at radius 1 is 1.25 bits per heavy atom. The van der Waals surface area contributed by atoms with Gasteiger partial charge in [0, 0.05) is 42.0 Å². The zero-order valence-electron chi connectivity index (χ0n) is 14.8. The van der Waals surface area contributed by atoms with Crippen LogP contribution in [0.15, 0.2) is 59.7 Å². The number of anilines is 1. The smallest absolute Gasteiger partial charge is 0.266 e. The minimum atomic E-state index is -0.268. The molecule has 0 atom stereocenters. The minimum absolute atomic E-state index is 0.169. The van der Waals surface area contributed by atoms with Gasteiger partial charge in [0.2, 0.25) is 5.91 Å². The van der Waals surface area contributed by atoms with Gasteiger partial charge in [-0.25, -0.2) is 4.68 Å². The molecule has 140 valence electrons. The highest BCUT2D eigenvalue weighted by molar-refractivity contribution is 6.31. The van der Waals surface area contributed by atoms with Crippen LogP contribution in [0.25, 0.3) is 11.3 Å². The van der Waals surface area contributed by atoms with Gasteiger partial charge in [0.15, 0.2) is 0 Å². The van der Waals surface area contributed by atoms with E-state index in [0.29, 0.717) is 34.9 Å². The number of nitrogens with zero attached hydrogens (tertiary/aromatic N) is 4. The number of hydrogen-bond acceptors (Lipinski definition) is 5. The van der Waals surface area contributed by atoms with Crippen molar-refractivity contribution in [2.75, 3.05) is 5.32 Å². The van der Waals surface area contributed by atoms with Gasteiger partial charge >= 0.3 is 0 Å². The molecule has 3 aromatic rings. The Morgan fingerprint density at radius 3 is 2.86 bits per heavy atom. The monoisotopic (exact) mass is 393 g/mol. The van der Waals surface area contributed by atoms with Crippen LogP contribution in [0.5, 0.6) is 0 Å². The van der Waals surface area contributed by atoms with Gasteiger partial charge in [-0.2, -0.15) is 10.4 Å². The molecule has 3 rings (SSSR count). The van der Waals surface area contributed by atoms with Crippen LogP contribution in [0, 0.1) is 11.3 Å². The second kappa shape index (κ2) is 8.93. The molecular weight excluding hydrogens is 378 g/mol. The van der Waals surface area contributed by atoms with Crippen molar-refractivity contribution in [1.29, 1.82) is 5.26 Å². The molecule has 0 unspecified atom stereocenters. The molecule has 7 nitrogen and oxygen atoms in total. The summed E-state index contributed by atoms with van der Waals surface area (Å²) >= 11 is 5.91. The molecular formula is C20H16ClN5O2. The third-order valence-corrected chi connectivity index (χ3v) is 4.21. The number of rotatable bonds is 6. The number of carbonyl (C=O) groups is 1. The summed E-state index contributed by atoms with van der Waals surface area (Å²) in [6.07, 6.45) is 3.92. The number of amides is 1. The molecule has 2 aromatic heterocycles. The van der Waals surface area contributed by atoms with Crippen LogP contribution in [0.1, 0.15) is 18.4 Å². The number of benzene rings is 1. The first-order valence-corrected chi connectivity index (χ1v) is 8.92. The Hall–Kier alpha value is -3.50. The summed E-state index contributed by atoms with van der Waals surface area (Å²) in [4.78, 5) is 28.2. The first-order valence-electron chi connectivity index (χ1n) is 8.55. The number of aryl methyl sites for hydroxylation is 1. The van der Waals surface area contributed by atoms with E-state index >= 15 is 0 Å². The molecule has 0 radical (unpaired) electrons. The van der Waals surface area contributed by atoms with E-state index in [0.717, 1.165) is 5.56 Å². The Balaban J connectivity index is 1.62. The zero-order chi connectivity index (χ0) is 19.9. The SMILES string of the molecule is N#Cc1ccc(Cl)cc1NC(=O)CCCn1nc(-c2cccnc2)ccc1=O. The van der Waals surface area contributed by atoms with Crippen molar-refractivity contribution < 1.29 is 4.79 Å². The molecule has 0 fully saturated rings. The molecule has 0 aliphatic carbocycles. The molecule has 28 heavy (non-hydrogen) atoms. The van der Waals surface area contributed by atoms with E-state index < -0.39 is 0 Å². The first-order chi connectivity index (χ1) is 13.6. The van der Waals surface area contributed by atoms with E-state index in [9.17, 15) is 9.59 Å². The van der Waals surface area contributed by atoms with Crippen LogP contribution < -0.4 is 10.9 Å². The average molecular weight is 394 g/mol. The van der Waals surface area contributed by atoms with Gasteiger partial charge in [0.05, 0.1) is 16.9 Å². The summed E-state index contributed by atoms with van der Waals surface area (Å²) in [6.45, 7) is 0.293. The molecule has 0 bridgehead atoms. The maximum atomic E-state index is 12.2. The van der Waals surface area contributed by atoms with Crippen LogP contribution in [0.2, 0.25) is 5.02 Å². The van der Waals surface area contributed by atoms with E-state index in [4.69, 9.17) is 16.9 Å². The lowest BCUT2D eigenvalue weighted by atomic mass is 10.2. The van der Waals surface area contributed by atoms with Gasteiger partial charge in [0.25, 0.3) is 5.56 Å². The number of pyridine rings is 1. The molecule has 0 spiro atoms. The van der Waals surface area contributed by atoms with Crippen molar-refractivity contribution in [3.8, 4) is 17.3 Å². The van der Waals surface area contributed by atoms with Crippen LogP contribution in [-0.4, -0.2) is 20.7 Å². The first kappa shape index (κ1) is 19.3. The predicted octanol–water partition coefficient (Wildman–Crippen LogP) is 3.25. The highest BCUT2D eigenvalue weighted by Crippen LogP contribution is 2.20. The van der Waals surface area contributed by atoms with E-state index in [2.05, 4.69) is 15.4 Å². The maximum absolute atomic E-state index is 12.2. The van der Waals surface area contributed by atoms with Crippen molar-refractivity contribution in [2.24, 2.45) is 0 Å². The molecule has 0 saturated carbocycles. The van der Waals surface area contributed by atoms with Crippen molar-refractivity contribution in [2.45, 2.75) is 19.4 Å². The second-order valence-corrected chi connectivity index (χ2v) is 6.41. The molecule has 1 amide bonds. The van der Waals surface area contributed by atoms with Gasteiger partial charge in [0.1, 0.15) is 6.07 Å². The molecule has 8 heteroatoms. The minimum Gasteiger partial charge on any atom is -0.325 e. The predicted molar refractivity (Wildman–Crippen MR) is 106 cm³/mol. The number of carbonyl (C=O) groups excluding carboxylic acids is 1. The fourth-order valence-corrected chi connectivity index (χ4v) is 2.77. The van der Waals surface area contributed by atoms with Gasteiger partial charge in [-0.3, -0.25) is 14.6 Å². The number of nitriles is 1. The van der Waals surface area contributed by atoms with Crippen molar-refractivity contribution >= 4 is 23.2 Å².